The number of ether oxygens (including phenoxy) is 2. The minimum absolute atomic E-state index is 0.179. The highest BCUT2D eigenvalue weighted by Crippen LogP contribution is 2.13. The van der Waals surface area contributed by atoms with Crippen LogP contribution in [0.5, 0.6) is 5.75 Å². The molecule has 19 heavy (non-hydrogen) atoms. The largest absolute Gasteiger partial charge is 0.482 e. The van der Waals surface area contributed by atoms with Gasteiger partial charge in [-0.25, -0.2) is 4.79 Å². The van der Waals surface area contributed by atoms with E-state index in [1.165, 1.54) is 0 Å². The number of nitrogens with one attached hydrogen (secondary N) is 1. The number of carbonyl (C=O) groups is 2. The van der Waals surface area contributed by atoms with Gasteiger partial charge in [0.2, 0.25) is 0 Å². The van der Waals surface area contributed by atoms with Crippen LogP contribution in [0.1, 0.15) is 17.3 Å². The van der Waals surface area contributed by atoms with E-state index in [4.69, 9.17) is 15.2 Å². The molecule has 0 radical (unpaired) electrons. The molecule has 0 aliphatic carbocycles. The van der Waals surface area contributed by atoms with Crippen molar-refractivity contribution in [3.8, 4) is 5.75 Å². The monoisotopic (exact) mass is 266 g/mol. The van der Waals surface area contributed by atoms with E-state index >= 15 is 0 Å². The number of hydrogen-bond donors (Lipinski definition) is 2. The molecule has 0 saturated heterocycles. The minimum atomic E-state index is -0.444. The average molecular weight is 266 g/mol. The molecule has 0 spiro atoms. The summed E-state index contributed by atoms with van der Waals surface area (Å²) in [7, 11) is 0. The topological polar surface area (TPSA) is 90.6 Å². The SMILES string of the molecule is CCOC(=O)COc1cccc(C(=O)NCCN)c1. The lowest BCUT2D eigenvalue weighted by Gasteiger charge is -2.08. The molecule has 0 atom stereocenters. The van der Waals surface area contributed by atoms with Crippen LogP contribution in [0.25, 0.3) is 0 Å². The van der Waals surface area contributed by atoms with Crippen LogP contribution in [-0.4, -0.2) is 38.2 Å². The van der Waals surface area contributed by atoms with E-state index in [1.54, 1.807) is 31.2 Å². The molecule has 1 amide bonds. The van der Waals surface area contributed by atoms with Crippen LogP contribution in [0.2, 0.25) is 0 Å². The predicted molar refractivity (Wildman–Crippen MR) is 70.0 cm³/mol. The van der Waals surface area contributed by atoms with Crippen molar-refractivity contribution in [2.24, 2.45) is 5.73 Å². The van der Waals surface area contributed by atoms with E-state index in [2.05, 4.69) is 5.32 Å². The first-order valence-electron chi connectivity index (χ1n) is 6.04. The lowest BCUT2D eigenvalue weighted by atomic mass is 10.2. The number of amides is 1. The first-order chi connectivity index (χ1) is 9.17. The molecule has 1 aromatic carbocycles. The van der Waals surface area contributed by atoms with Crippen LogP contribution in [-0.2, 0) is 9.53 Å². The van der Waals surface area contributed by atoms with Gasteiger partial charge in [-0.05, 0) is 25.1 Å². The summed E-state index contributed by atoms with van der Waals surface area (Å²) < 4.78 is 9.97. The van der Waals surface area contributed by atoms with Crippen molar-refractivity contribution in [2.45, 2.75) is 6.92 Å². The van der Waals surface area contributed by atoms with E-state index in [-0.39, 0.29) is 12.5 Å². The summed E-state index contributed by atoms with van der Waals surface area (Å²) >= 11 is 0. The van der Waals surface area contributed by atoms with Crippen LogP contribution in [0.3, 0.4) is 0 Å². The molecule has 0 heterocycles. The molecule has 0 bridgehead atoms. The predicted octanol–water partition coefficient (Wildman–Crippen LogP) is 0.317. The molecule has 0 aliphatic heterocycles. The van der Waals surface area contributed by atoms with Gasteiger partial charge in [-0.2, -0.15) is 0 Å². The fraction of sp³-hybridized carbons (Fsp3) is 0.385. The summed E-state index contributed by atoms with van der Waals surface area (Å²) in [6.07, 6.45) is 0. The third-order valence-corrected chi connectivity index (χ3v) is 2.19. The van der Waals surface area contributed by atoms with Gasteiger partial charge in [0.1, 0.15) is 5.75 Å². The fourth-order valence-corrected chi connectivity index (χ4v) is 1.36. The molecule has 3 N–H and O–H groups in total. The summed E-state index contributed by atoms with van der Waals surface area (Å²) in [5, 5.41) is 2.65. The first-order valence-corrected chi connectivity index (χ1v) is 6.04. The van der Waals surface area contributed by atoms with E-state index in [0.29, 0.717) is 31.0 Å². The Balaban J connectivity index is 2.56. The zero-order valence-corrected chi connectivity index (χ0v) is 10.8. The summed E-state index contributed by atoms with van der Waals surface area (Å²) in [6, 6.07) is 6.56. The van der Waals surface area contributed by atoms with Gasteiger partial charge in [0.25, 0.3) is 5.91 Å². The number of nitrogens with two attached hydrogens (primary N) is 1. The number of hydrogen-bond acceptors (Lipinski definition) is 5. The van der Waals surface area contributed by atoms with Gasteiger partial charge in [0.15, 0.2) is 6.61 Å². The van der Waals surface area contributed by atoms with Gasteiger partial charge in [0.05, 0.1) is 6.61 Å². The Bertz CT molecular complexity index is 434. The van der Waals surface area contributed by atoms with E-state index < -0.39 is 5.97 Å². The molecule has 6 heteroatoms. The minimum Gasteiger partial charge on any atom is -0.482 e. The second-order valence-corrected chi connectivity index (χ2v) is 3.67. The number of benzene rings is 1. The molecule has 0 aliphatic rings. The Kier molecular flexibility index (Phi) is 6.38. The molecular weight excluding hydrogens is 248 g/mol. The number of esters is 1. The molecule has 0 unspecified atom stereocenters. The Morgan fingerprint density at radius 1 is 1.37 bits per heavy atom. The third kappa shape index (κ3) is 5.39. The standard InChI is InChI=1S/C13H18N2O4/c1-2-18-12(16)9-19-11-5-3-4-10(8-11)13(17)15-7-6-14/h3-5,8H,2,6-7,9,14H2,1H3,(H,15,17). The molecular formula is C13H18N2O4. The van der Waals surface area contributed by atoms with Crippen LogP contribution < -0.4 is 15.8 Å². The molecule has 0 aromatic heterocycles. The van der Waals surface area contributed by atoms with E-state index in [9.17, 15) is 9.59 Å². The lowest BCUT2D eigenvalue weighted by Crippen LogP contribution is -2.28. The summed E-state index contributed by atoms with van der Waals surface area (Å²) in [5.74, 6) is -0.235. The van der Waals surface area contributed by atoms with Gasteiger partial charge < -0.3 is 20.5 Å². The highest BCUT2D eigenvalue weighted by Gasteiger charge is 2.07. The first kappa shape index (κ1) is 15.0. The Morgan fingerprint density at radius 2 is 2.16 bits per heavy atom. The summed E-state index contributed by atoms with van der Waals surface area (Å²) in [4.78, 5) is 22.8. The smallest absolute Gasteiger partial charge is 0.344 e. The van der Waals surface area contributed by atoms with Gasteiger partial charge >= 0.3 is 5.97 Å². The number of rotatable bonds is 7. The highest BCUT2D eigenvalue weighted by atomic mass is 16.6. The molecule has 0 fully saturated rings. The van der Waals surface area contributed by atoms with Gasteiger partial charge in [-0.3, -0.25) is 4.79 Å². The van der Waals surface area contributed by atoms with Crippen LogP contribution in [0, 0.1) is 0 Å². The zero-order valence-electron chi connectivity index (χ0n) is 10.8. The van der Waals surface area contributed by atoms with Gasteiger partial charge in [0, 0.05) is 18.7 Å². The van der Waals surface area contributed by atoms with Crippen molar-refractivity contribution in [3.63, 3.8) is 0 Å². The number of carbonyl (C=O) groups excluding carboxylic acids is 2. The lowest BCUT2D eigenvalue weighted by molar-refractivity contribution is -0.145. The Morgan fingerprint density at radius 3 is 2.84 bits per heavy atom. The highest BCUT2D eigenvalue weighted by molar-refractivity contribution is 5.94. The van der Waals surface area contributed by atoms with Crippen molar-refractivity contribution in [1.29, 1.82) is 0 Å². The quantitative estimate of drug-likeness (QED) is 0.693. The van der Waals surface area contributed by atoms with Crippen molar-refractivity contribution in [1.82, 2.24) is 5.32 Å². The van der Waals surface area contributed by atoms with Crippen molar-refractivity contribution < 1.29 is 19.1 Å². The maximum atomic E-state index is 11.7. The molecule has 1 aromatic rings. The van der Waals surface area contributed by atoms with Crippen molar-refractivity contribution in [3.05, 3.63) is 29.8 Å². The Hall–Kier alpha value is -2.08. The van der Waals surface area contributed by atoms with Crippen LogP contribution in [0.4, 0.5) is 0 Å². The van der Waals surface area contributed by atoms with Crippen LogP contribution in [0.15, 0.2) is 24.3 Å². The average Bonchev–Trinajstić information content (AvgIpc) is 2.43. The van der Waals surface area contributed by atoms with Crippen LogP contribution >= 0.6 is 0 Å². The molecule has 1 rings (SSSR count). The van der Waals surface area contributed by atoms with Crippen molar-refractivity contribution >= 4 is 11.9 Å². The second-order valence-electron chi connectivity index (χ2n) is 3.67. The second kappa shape index (κ2) is 8.10. The van der Waals surface area contributed by atoms with E-state index in [0.717, 1.165) is 0 Å². The zero-order chi connectivity index (χ0) is 14.1. The molecule has 104 valence electrons. The van der Waals surface area contributed by atoms with Gasteiger partial charge in [-0.15, -0.1) is 0 Å². The third-order valence-electron chi connectivity index (χ3n) is 2.19. The molecule has 0 saturated carbocycles. The van der Waals surface area contributed by atoms with Gasteiger partial charge in [-0.1, -0.05) is 6.07 Å². The maximum Gasteiger partial charge on any atom is 0.344 e. The van der Waals surface area contributed by atoms with E-state index in [1.807, 2.05) is 0 Å². The maximum absolute atomic E-state index is 11.7. The normalized spacial score (nSPS) is 9.79. The molecule has 6 nitrogen and oxygen atoms in total. The summed E-state index contributed by atoms with van der Waals surface area (Å²) in [6.45, 7) is 2.64. The Labute approximate surface area is 111 Å². The summed E-state index contributed by atoms with van der Waals surface area (Å²) in [5.41, 5.74) is 5.76. The fourth-order valence-electron chi connectivity index (χ4n) is 1.36. The van der Waals surface area contributed by atoms with Crippen molar-refractivity contribution in [2.75, 3.05) is 26.3 Å².